The Labute approximate surface area is 196 Å². The first kappa shape index (κ1) is 23.8. The third kappa shape index (κ3) is 4.67. The second-order valence-electron chi connectivity index (χ2n) is 10.9. The number of carbonyl (C=O) groups excluding carboxylic acids is 1. The number of aryl methyl sites for hydroxylation is 1. The van der Waals surface area contributed by atoms with Crippen LogP contribution < -0.4 is 10.1 Å². The number of nitrogens with one attached hydrogen (secondary N) is 1. The zero-order valence-electron chi connectivity index (χ0n) is 20.5. The minimum Gasteiger partial charge on any atom is -0.496 e. The molecule has 2 heterocycles. The Kier molecular flexibility index (Phi) is 6.10. The van der Waals surface area contributed by atoms with E-state index in [0.717, 1.165) is 29.0 Å². The van der Waals surface area contributed by atoms with Gasteiger partial charge < -0.3 is 10.1 Å². The number of benzene rings is 1. The second kappa shape index (κ2) is 8.46. The van der Waals surface area contributed by atoms with Crippen LogP contribution >= 0.6 is 0 Å². The number of fused-ring (bicyclic) bond motifs is 3. The highest BCUT2D eigenvalue weighted by atomic mass is 32.2. The van der Waals surface area contributed by atoms with Crippen molar-refractivity contribution in [2.24, 2.45) is 11.3 Å². The number of amides is 1. The highest BCUT2D eigenvalue weighted by Crippen LogP contribution is 2.39. The largest absolute Gasteiger partial charge is 0.496 e. The van der Waals surface area contributed by atoms with E-state index in [1.165, 1.54) is 0 Å². The van der Waals surface area contributed by atoms with Crippen molar-refractivity contribution in [3.8, 4) is 11.4 Å². The summed E-state index contributed by atoms with van der Waals surface area (Å²) in [6, 6.07) is 4.05. The number of hydrogen-bond donors (Lipinski definition) is 1. The molecule has 1 aliphatic heterocycles. The molecule has 0 atom stereocenters. The van der Waals surface area contributed by atoms with E-state index in [1.807, 2.05) is 32.9 Å². The molecule has 8 heteroatoms. The van der Waals surface area contributed by atoms with Gasteiger partial charge in [-0.05, 0) is 66.7 Å². The summed E-state index contributed by atoms with van der Waals surface area (Å²) < 4.78 is 34.1. The van der Waals surface area contributed by atoms with Gasteiger partial charge in [-0.3, -0.25) is 9.36 Å². The van der Waals surface area contributed by atoms with E-state index in [9.17, 15) is 13.2 Å². The Morgan fingerprint density at radius 1 is 1.24 bits per heavy atom. The summed E-state index contributed by atoms with van der Waals surface area (Å²) in [5.41, 5.74) is 3.65. The Bertz CT molecular complexity index is 1190. The van der Waals surface area contributed by atoms with Crippen LogP contribution in [-0.2, 0) is 29.1 Å². The molecule has 0 unspecified atom stereocenters. The third-order valence-electron chi connectivity index (χ3n) is 6.14. The van der Waals surface area contributed by atoms with Gasteiger partial charge in [-0.15, -0.1) is 0 Å². The number of imidazole rings is 1. The normalized spacial score (nSPS) is 15.8. The van der Waals surface area contributed by atoms with Crippen LogP contribution in [0.4, 0.5) is 0 Å². The highest BCUT2D eigenvalue weighted by Gasteiger charge is 2.43. The van der Waals surface area contributed by atoms with Gasteiger partial charge in [0, 0.05) is 6.54 Å². The smallest absolute Gasteiger partial charge is 0.271 e. The zero-order valence-corrected chi connectivity index (χ0v) is 21.3. The number of methoxy groups -OCH3 is 1. The van der Waals surface area contributed by atoms with E-state index in [0.29, 0.717) is 43.8 Å². The lowest BCUT2D eigenvalue weighted by Crippen LogP contribution is -2.33. The molecule has 2 aliphatic rings. The lowest BCUT2D eigenvalue weighted by molar-refractivity contribution is 0.0933. The number of rotatable bonds is 7. The summed E-state index contributed by atoms with van der Waals surface area (Å²) in [7, 11) is -1.95. The van der Waals surface area contributed by atoms with Gasteiger partial charge >= 0.3 is 0 Å². The highest BCUT2D eigenvalue weighted by molar-refractivity contribution is 7.92. The molecule has 1 N–H and O–H groups in total. The summed E-state index contributed by atoms with van der Waals surface area (Å²) in [6.45, 7) is 10.9. The summed E-state index contributed by atoms with van der Waals surface area (Å²) in [4.78, 5) is 17.6. The van der Waals surface area contributed by atoms with Crippen LogP contribution in [0.25, 0.3) is 5.69 Å². The van der Waals surface area contributed by atoms with Crippen LogP contribution in [0.5, 0.6) is 5.75 Å². The standard InChI is InChI=1S/C25H35N3O4S/c1-15(2)11-17-12-20-16(13-21(17)32-6)7-10-19-22(23(29)26-14-25(3,4)5)27-24(28(19)20)33(30,31)18-8-9-18/h12-13,15,18H,7-11,14H2,1-6H3,(H,26,29). The maximum absolute atomic E-state index is 13.4. The molecule has 1 amide bonds. The maximum atomic E-state index is 13.4. The lowest BCUT2D eigenvalue weighted by Gasteiger charge is -2.24. The molecule has 0 spiro atoms. The summed E-state index contributed by atoms with van der Waals surface area (Å²) >= 11 is 0. The molecule has 0 radical (unpaired) electrons. The molecule has 33 heavy (non-hydrogen) atoms. The average molecular weight is 474 g/mol. The molecular formula is C25H35N3O4S. The van der Waals surface area contributed by atoms with E-state index in [4.69, 9.17) is 4.74 Å². The van der Waals surface area contributed by atoms with Crippen molar-refractivity contribution in [1.82, 2.24) is 14.9 Å². The van der Waals surface area contributed by atoms with Gasteiger partial charge in [0.05, 0.1) is 23.7 Å². The van der Waals surface area contributed by atoms with Crippen molar-refractivity contribution in [1.29, 1.82) is 0 Å². The molecule has 1 fully saturated rings. The van der Waals surface area contributed by atoms with Crippen LogP contribution in [0.3, 0.4) is 0 Å². The first-order chi connectivity index (χ1) is 15.4. The maximum Gasteiger partial charge on any atom is 0.271 e. The number of hydrogen-bond acceptors (Lipinski definition) is 5. The topological polar surface area (TPSA) is 90.3 Å². The molecule has 7 nitrogen and oxygen atoms in total. The van der Waals surface area contributed by atoms with Gasteiger partial charge in [0.1, 0.15) is 5.75 Å². The van der Waals surface area contributed by atoms with Crippen molar-refractivity contribution >= 4 is 15.7 Å². The van der Waals surface area contributed by atoms with Crippen molar-refractivity contribution in [3.63, 3.8) is 0 Å². The van der Waals surface area contributed by atoms with Crippen molar-refractivity contribution in [2.45, 2.75) is 77.1 Å². The monoisotopic (exact) mass is 473 g/mol. The Hall–Kier alpha value is -2.35. The summed E-state index contributed by atoms with van der Waals surface area (Å²) in [6.07, 6.45) is 3.34. The molecule has 1 aromatic carbocycles. The van der Waals surface area contributed by atoms with Crippen LogP contribution in [0.1, 0.15) is 74.8 Å². The van der Waals surface area contributed by atoms with Crippen LogP contribution in [0.15, 0.2) is 17.3 Å². The van der Waals surface area contributed by atoms with Gasteiger partial charge in [-0.1, -0.05) is 34.6 Å². The SMILES string of the molecule is COc1cc2c(cc1CC(C)C)-n1c(S(=O)(=O)C3CC3)nc(C(=O)NCC(C)(C)C)c1CC2. The summed E-state index contributed by atoms with van der Waals surface area (Å²) in [5, 5.41) is 2.54. The number of aromatic nitrogens is 2. The Morgan fingerprint density at radius 3 is 2.52 bits per heavy atom. The first-order valence-corrected chi connectivity index (χ1v) is 13.3. The predicted molar refractivity (Wildman–Crippen MR) is 128 cm³/mol. The van der Waals surface area contributed by atoms with Crippen molar-refractivity contribution in [3.05, 3.63) is 34.6 Å². The van der Waals surface area contributed by atoms with E-state index >= 15 is 0 Å². The minimum absolute atomic E-state index is 0.00234. The van der Waals surface area contributed by atoms with Gasteiger partial charge in [0.15, 0.2) is 5.69 Å². The molecule has 1 aliphatic carbocycles. The first-order valence-electron chi connectivity index (χ1n) is 11.8. The predicted octanol–water partition coefficient (Wildman–Crippen LogP) is 3.89. The zero-order chi connectivity index (χ0) is 24.1. The van der Waals surface area contributed by atoms with Crippen molar-refractivity contribution in [2.75, 3.05) is 13.7 Å². The second-order valence-corrected chi connectivity index (χ2v) is 13.0. The van der Waals surface area contributed by atoms with Crippen LogP contribution in [0, 0.1) is 11.3 Å². The van der Waals surface area contributed by atoms with E-state index < -0.39 is 15.1 Å². The third-order valence-corrected chi connectivity index (χ3v) is 8.27. The fourth-order valence-electron chi connectivity index (χ4n) is 4.34. The van der Waals surface area contributed by atoms with E-state index in [1.54, 1.807) is 11.7 Å². The fourth-order valence-corrected chi connectivity index (χ4v) is 6.08. The fraction of sp³-hybridized carbons (Fsp3) is 0.600. The molecule has 4 rings (SSSR count). The number of sulfone groups is 1. The molecular weight excluding hydrogens is 438 g/mol. The number of nitrogens with zero attached hydrogens (tertiary/aromatic N) is 2. The molecule has 1 saturated carbocycles. The quantitative estimate of drug-likeness (QED) is 0.659. The molecule has 0 saturated heterocycles. The summed E-state index contributed by atoms with van der Waals surface area (Å²) in [5.74, 6) is 0.919. The minimum atomic E-state index is -3.62. The Morgan fingerprint density at radius 2 is 1.94 bits per heavy atom. The van der Waals surface area contributed by atoms with Gasteiger partial charge in [0.25, 0.3) is 5.91 Å². The van der Waals surface area contributed by atoms with E-state index in [-0.39, 0.29) is 22.2 Å². The number of carbonyl (C=O) groups is 1. The van der Waals surface area contributed by atoms with Crippen molar-refractivity contribution < 1.29 is 17.9 Å². The van der Waals surface area contributed by atoms with Gasteiger partial charge in [-0.25, -0.2) is 13.4 Å². The van der Waals surface area contributed by atoms with Crippen LogP contribution in [-0.4, -0.2) is 42.8 Å². The molecule has 0 bridgehead atoms. The average Bonchev–Trinajstić information content (AvgIpc) is 3.51. The molecule has 2 aromatic rings. The van der Waals surface area contributed by atoms with E-state index in [2.05, 4.69) is 24.1 Å². The van der Waals surface area contributed by atoms with Gasteiger partial charge in [-0.2, -0.15) is 0 Å². The number of ether oxygens (including phenoxy) is 1. The molecule has 1 aromatic heterocycles. The molecule has 180 valence electrons. The Balaban J connectivity index is 1.88. The van der Waals surface area contributed by atoms with Gasteiger partial charge in [0.2, 0.25) is 15.0 Å². The lowest BCUT2D eigenvalue weighted by atomic mass is 9.94. The van der Waals surface area contributed by atoms with Crippen LogP contribution in [0.2, 0.25) is 0 Å².